The Hall–Kier alpha value is -0.520. The van der Waals surface area contributed by atoms with E-state index in [4.69, 9.17) is 11.6 Å². The zero-order valence-electron chi connectivity index (χ0n) is 8.91. The number of aromatic nitrogens is 3. The molecule has 88 valence electrons. The predicted molar refractivity (Wildman–Crippen MR) is 75.1 cm³/mol. The average Bonchev–Trinajstić information content (AvgIpc) is 2.33. The van der Waals surface area contributed by atoms with E-state index in [0.717, 1.165) is 21.1 Å². The van der Waals surface area contributed by atoms with E-state index in [1.165, 1.54) is 0 Å². The molecule has 3 nitrogen and oxygen atoms in total. The normalized spacial score (nSPS) is 10.6. The summed E-state index contributed by atoms with van der Waals surface area (Å²) >= 11 is 12.8. The number of pyridine rings is 1. The Morgan fingerprint density at radius 3 is 2.59 bits per heavy atom. The predicted octanol–water partition coefficient (Wildman–Crippen LogP) is 4.28. The molecule has 2 heterocycles. The molecule has 0 radical (unpaired) electrons. The van der Waals surface area contributed by atoms with Gasteiger partial charge < -0.3 is 0 Å². The van der Waals surface area contributed by atoms with Gasteiger partial charge in [-0.1, -0.05) is 18.5 Å². The minimum absolute atomic E-state index is 0.413. The van der Waals surface area contributed by atoms with E-state index >= 15 is 0 Å². The Morgan fingerprint density at radius 1 is 1.24 bits per heavy atom. The molecule has 2 aromatic rings. The van der Waals surface area contributed by atoms with E-state index in [-0.39, 0.29) is 0 Å². The van der Waals surface area contributed by atoms with E-state index in [2.05, 4.69) is 46.8 Å². The average molecular weight is 377 g/mol. The molecule has 0 aliphatic rings. The van der Waals surface area contributed by atoms with Crippen LogP contribution < -0.4 is 0 Å². The number of hydrogen-bond acceptors (Lipinski definition) is 3. The number of nitrogens with zero attached hydrogens (tertiary/aromatic N) is 3. The number of aryl methyl sites for hydroxylation is 1. The molecule has 0 aliphatic carbocycles. The summed E-state index contributed by atoms with van der Waals surface area (Å²) < 4.78 is 1.67. The molecule has 0 aromatic carbocycles. The van der Waals surface area contributed by atoms with Gasteiger partial charge in [-0.3, -0.25) is 4.98 Å². The number of halogens is 3. The molecule has 0 unspecified atom stereocenters. The first-order chi connectivity index (χ1) is 8.11. The third-order valence-corrected chi connectivity index (χ3v) is 3.97. The van der Waals surface area contributed by atoms with Crippen LogP contribution in [0.15, 0.2) is 27.3 Å². The molecule has 0 aliphatic heterocycles. The monoisotopic (exact) mass is 375 g/mol. The van der Waals surface area contributed by atoms with Gasteiger partial charge in [-0.2, -0.15) is 0 Å². The van der Waals surface area contributed by atoms with Crippen LogP contribution in [-0.4, -0.2) is 15.0 Å². The lowest BCUT2D eigenvalue weighted by molar-refractivity contribution is 0.984. The third kappa shape index (κ3) is 2.84. The largest absolute Gasteiger partial charge is 0.252 e. The maximum absolute atomic E-state index is 6.04. The van der Waals surface area contributed by atoms with Crippen molar-refractivity contribution in [1.29, 1.82) is 0 Å². The summed E-state index contributed by atoms with van der Waals surface area (Å²) in [7, 11) is 0. The van der Waals surface area contributed by atoms with Crippen LogP contribution in [0.5, 0.6) is 0 Å². The molecule has 17 heavy (non-hydrogen) atoms. The molecule has 2 aromatic heterocycles. The fourth-order valence-corrected chi connectivity index (χ4v) is 2.20. The first-order valence-electron chi connectivity index (χ1n) is 4.95. The van der Waals surface area contributed by atoms with Crippen molar-refractivity contribution in [3.63, 3.8) is 0 Å². The molecular formula is C11H8Br2ClN3. The van der Waals surface area contributed by atoms with Gasteiger partial charge in [0.2, 0.25) is 0 Å². The summed E-state index contributed by atoms with van der Waals surface area (Å²) in [5.74, 6) is 0.544. The van der Waals surface area contributed by atoms with Crippen molar-refractivity contribution in [1.82, 2.24) is 15.0 Å². The van der Waals surface area contributed by atoms with Gasteiger partial charge >= 0.3 is 0 Å². The smallest absolute Gasteiger partial charge is 0.179 e. The highest BCUT2D eigenvalue weighted by atomic mass is 79.9. The molecule has 0 saturated heterocycles. The van der Waals surface area contributed by atoms with E-state index in [9.17, 15) is 0 Å². The topological polar surface area (TPSA) is 38.7 Å². The van der Waals surface area contributed by atoms with E-state index < -0.39 is 0 Å². The van der Waals surface area contributed by atoms with Crippen LogP contribution in [0.1, 0.15) is 12.6 Å². The fourth-order valence-electron chi connectivity index (χ4n) is 1.32. The van der Waals surface area contributed by atoms with Crippen molar-refractivity contribution in [2.75, 3.05) is 0 Å². The van der Waals surface area contributed by atoms with Crippen molar-refractivity contribution >= 4 is 43.5 Å². The maximum Gasteiger partial charge on any atom is 0.179 e. The molecule has 0 bridgehead atoms. The van der Waals surface area contributed by atoms with Crippen molar-refractivity contribution in [3.8, 4) is 11.5 Å². The van der Waals surface area contributed by atoms with E-state index in [1.807, 2.05) is 19.1 Å². The number of rotatable bonds is 2. The quantitative estimate of drug-likeness (QED) is 0.734. The fraction of sp³-hybridized carbons (Fsp3) is 0.182. The van der Waals surface area contributed by atoms with Crippen LogP contribution in [0.25, 0.3) is 11.5 Å². The first-order valence-corrected chi connectivity index (χ1v) is 6.92. The van der Waals surface area contributed by atoms with Gasteiger partial charge in [0.15, 0.2) is 5.82 Å². The Morgan fingerprint density at radius 2 is 2.00 bits per heavy atom. The Balaban J connectivity index is 2.52. The van der Waals surface area contributed by atoms with Gasteiger partial charge in [-0.15, -0.1) is 0 Å². The third-order valence-electron chi connectivity index (χ3n) is 2.17. The van der Waals surface area contributed by atoms with Gasteiger partial charge in [-0.25, -0.2) is 9.97 Å². The first kappa shape index (κ1) is 12.9. The standard InChI is InChI=1S/C11H8Br2ClN3/c1-2-7-9(13)10(14)17-11(16-7)8-4-3-6(12)5-15-8/h3-5H,2H2,1H3. The Bertz CT molecular complexity index is 543. The van der Waals surface area contributed by atoms with Crippen molar-refractivity contribution in [2.24, 2.45) is 0 Å². The number of hydrogen-bond donors (Lipinski definition) is 0. The summed E-state index contributed by atoms with van der Waals surface area (Å²) in [5.41, 5.74) is 1.59. The lowest BCUT2D eigenvalue weighted by Crippen LogP contribution is -1.98. The molecule has 0 fully saturated rings. The summed E-state index contributed by atoms with van der Waals surface area (Å²) in [6.07, 6.45) is 2.49. The van der Waals surface area contributed by atoms with Crippen LogP contribution in [-0.2, 0) is 6.42 Å². The SMILES string of the molecule is CCc1nc(-c2ccc(Br)cn2)nc(Cl)c1Br. The molecule has 0 atom stereocenters. The summed E-state index contributed by atoms with van der Waals surface area (Å²) in [5, 5.41) is 0.413. The highest BCUT2D eigenvalue weighted by Gasteiger charge is 2.11. The van der Waals surface area contributed by atoms with Gasteiger partial charge in [0.25, 0.3) is 0 Å². The van der Waals surface area contributed by atoms with Crippen molar-refractivity contribution < 1.29 is 0 Å². The van der Waals surface area contributed by atoms with Gasteiger partial charge in [0.05, 0.1) is 10.2 Å². The minimum atomic E-state index is 0.413. The van der Waals surface area contributed by atoms with Crippen LogP contribution in [0.2, 0.25) is 5.15 Å². The molecule has 0 N–H and O–H groups in total. The summed E-state index contributed by atoms with van der Waals surface area (Å²) in [6.45, 7) is 2.02. The summed E-state index contributed by atoms with van der Waals surface area (Å²) in [6, 6.07) is 3.75. The molecule has 0 spiro atoms. The Labute approximate surface area is 121 Å². The highest BCUT2D eigenvalue weighted by molar-refractivity contribution is 9.10. The van der Waals surface area contributed by atoms with Crippen LogP contribution >= 0.6 is 43.5 Å². The molecular weight excluding hydrogens is 369 g/mol. The molecule has 2 rings (SSSR count). The molecule has 0 amide bonds. The molecule has 6 heteroatoms. The highest BCUT2D eigenvalue weighted by Crippen LogP contribution is 2.26. The lowest BCUT2D eigenvalue weighted by atomic mass is 10.3. The maximum atomic E-state index is 6.04. The van der Waals surface area contributed by atoms with Crippen LogP contribution in [0.3, 0.4) is 0 Å². The van der Waals surface area contributed by atoms with Crippen molar-refractivity contribution in [3.05, 3.63) is 38.1 Å². The van der Waals surface area contributed by atoms with Gasteiger partial charge in [0.1, 0.15) is 10.8 Å². The van der Waals surface area contributed by atoms with E-state index in [0.29, 0.717) is 16.7 Å². The minimum Gasteiger partial charge on any atom is -0.252 e. The summed E-state index contributed by atoms with van der Waals surface area (Å²) in [4.78, 5) is 12.9. The molecule has 0 saturated carbocycles. The lowest BCUT2D eigenvalue weighted by Gasteiger charge is -2.06. The second kappa shape index (κ2) is 5.42. The second-order valence-electron chi connectivity index (χ2n) is 3.31. The van der Waals surface area contributed by atoms with Crippen LogP contribution in [0.4, 0.5) is 0 Å². The van der Waals surface area contributed by atoms with Gasteiger partial charge in [0, 0.05) is 10.7 Å². The zero-order chi connectivity index (χ0) is 12.4. The van der Waals surface area contributed by atoms with Gasteiger partial charge in [-0.05, 0) is 50.4 Å². The second-order valence-corrected chi connectivity index (χ2v) is 5.38. The van der Waals surface area contributed by atoms with E-state index in [1.54, 1.807) is 6.20 Å². The van der Waals surface area contributed by atoms with Crippen LogP contribution in [0, 0.1) is 0 Å². The zero-order valence-corrected chi connectivity index (χ0v) is 12.8. The van der Waals surface area contributed by atoms with Crippen molar-refractivity contribution in [2.45, 2.75) is 13.3 Å². The Kier molecular flexibility index (Phi) is 4.12.